The van der Waals surface area contributed by atoms with E-state index >= 15 is 0 Å². The van der Waals surface area contributed by atoms with Gasteiger partial charge in [0.1, 0.15) is 5.82 Å². The minimum absolute atomic E-state index is 0.111. The molecule has 0 amide bonds. The van der Waals surface area contributed by atoms with Gasteiger partial charge in [-0.1, -0.05) is 24.3 Å². The summed E-state index contributed by atoms with van der Waals surface area (Å²) >= 11 is 0. The molecule has 2 aromatic carbocycles. The zero-order valence-electron chi connectivity index (χ0n) is 16.1. The van der Waals surface area contributed by atoms with Crippen LogP contribution in [-0.4, -0.2) is 35.3 Å². The standard InChI is InChI=1S/C21H22N4O4S/c22-10-13-25(12-3-5-15-4-1-6-16(14-15)21(26)27)30(28,29)19-8-2-7-18-17(19)9-11-24-20(18)23/h1-2,4,6-11,13-14H,3,5,12,22H2,(H2,23,24)(H,26,27). The number of anilines is 1. The van der Waals surface area contributed by atoms with Crippen LogP contribution in [0.3, 0.4) is 0 Å². The van der Waals surface area contributed by atoms with Gasteiger partial charge >= 0.3 is 5.97 Å². The van der Waals surface area contributed by atoms with E-state index in [4.69, 9.17) is 16.6 Å². The number of nitrogens with two attached hydrogens (primary N) is 2. The van der Waals surface area contributed by atoms with Gasteiger partial charge in [-0.2, -0.15) is 0 Å². The number of nitrogens with zero attached hydrogens (tertiary/aromatic N) is 2. The van der Waals surface area contributed by atoms with Crippen molar-refractivity contribution in [3.05, 3.63) is 78.3 Å². The normalized spacial score (nSPS) is 11.7. The summed E-state index contributed by atoms with van der Waals surface area (Å²) in [5.74, 6) is -0.749. The molecule has 0 aliphatic carbocycles. The van der Waals surface area contributed by atoms with Gasteiger partial charge in [-0.3, -0.25) is 4.31 Å². The number of hydrogen-bond acceptors (Lipinski definition) is 6. The molecular weight excluding hydrogens is 404 g/mol. The van der Waals surface area contributed by atoms with Gasteiger partial charge in [-0.15, -0.1) is 0 Å². The molecule has 0 aliphatic heterocycles. The van der Waals surface area contributed by atoms with Crippen molar-refractivity contribution in [2.75, 3.05) is 12.3 Å². The van der Waals surface area contributed by atoms with E-state index in [9.17, 15) is 13.2 Å². The van der Waals surface area contributed by atoms with Gasteiger partial charge in [-0.25, -0.2) is 18.2 Å². The molecule has 0 saturated heterocycles. The topological polar surface area (TPSA) is 140 Å². The molecule has 0 radical (unpaired) electrons. The number of rotatable bonds is 8. The van der Waals surface area contributed by atoms with Crippen LogP contribution in [0.1, 0.15) is 22.3 Å². The third kappa shape index (κ3) is 4.36. The number of carbonyl (C=O) groups is 1. The number of aromatic nitrogens is 1. The molecule has 0 fully saturated rings. The number of hydrogen-bond donors (Lipinski definition) is 3. The summed E-state index contributed by atoms with van der Waals surface area (Å²) in [5.41, 5.74) is 12.4. The molecule has 1 heterocycles. The van der Waals surface area contributed by atoms with E-state index in [1.54, 1.807) is 30.3 Å². The lowest BCUT2D eigenvalue weighted by Gasteiger charge is -2.21. The molecule has 3 aromatic rings. The van der Waals surface area contributed by atoms with Crippen molar-refractivity contribution in [3.8, 4) is 0 Å². The first kappa shape index (κ1) is 21.1. The Hall–Kier alpha value is -3.59. The van der Waals surface area contributed by atoms with E-state index in [-0.39, 0.29) is 22.8 Å². The average Bonchev–Trinajstić information content (AvgIpc) is 2.73. The molecule has 30 heavy (non-hydrogen) atoms. The Morgan fingerprint density at radius 3 is 2.63 bits per heavy atom. The quantitative estimate of drug-likeness (QED) is 0.503. The first-order valence-electron chi connectivity index (χ1n) is 9.20. The smallest absolute Gasteiger partial charge is 0.335 e. The van der Waals surface area contributed by atoms with Gasteiger partial charge in [0.25, 0.3) is 10.0 Å². The second kappa shape index (κ2) is 8.83. The Balaban J connectivity index is 1.85. The maximum absolute atomic E-state index is 13.3. The van der Waals surface area contributed by atoms with E-state index in [1.165, 1.54) is 35.0 Å². The lowest BCUT2D eigenvalue weighted by molar-refractivity contribution is 0.0696. The number of nitrogen functional groups attached to an aromatic ring is 1. The molecule has 5 N–H and O–H groups in total. The lowest BCUT2D eigenvalue weighted by Crippen LogP contribution is -2.28. The van der Waals surface area contributed by atoms with Crippen LogP contribution in [0.15, 0.2) is 72.0 Å². The number of carboxylic acids is 1. The number of aryl methyl sites for hydroxylation is 1. The highest BCUT2D eigenvalue weighted by molar-refractivity contribution is 7.89. The van der Waals surface area contributed by atoms with Crippen molar-refractivity contribution < 1.29 is 18.3 Å². The minimum Gasteiger partial charge on any atom is -0.478 e. The van der Waals surface area contributed by atoms with E-state index in [0.29, 0.717) is 23.6 Å². The summed E-state index contributed by atoms with van der Waals surface area (Å²) in [7, 11) is -3.89. The molecule has 9 heteroatoms. The fourth-order valence-corrected chi connectivity index (χ4v) is 4.78. The molecule has 8 nitrogen and oxygen atoms in total. The number of carboxylic acid groups (broad SMARTS) is 1. The number of benzene rings is 2. The lowest BCUT2D eigenvalue weighted by atomic mass is 10.1. The van der Waals surface area contributed by atoms with Crippen molar-refractivity contribution in [1.29, 1.82) is 0 Å². The highest BCUT2D eigenvalue weighted by Gasteiger charge is 2.24. The van der Waals surface area contributed by atoms with Gasteiger partial charge in [0.05, 0.1) is 10.5 Å². The summed E-state index contributed by atoms with van der Waals surface area (Å²) in [4.78, 5) is 15.2. The van der Waals surface area contributed by atoms with Crippen molar-refractivity contribution in [3.63, 3.8) is 0 Å². The number of pyridine rings is 1. The predicted octanol–water partition coefficient (Wildman–Crippen LogP) is 2.57. The summed E-state index contributed by atoms with van der Waals surface area (Å²) < 4.78 is 27.8. The molecule has 0 spiro atoms. The van der Waals surface area contributed by atoms with Crippen molar-refractivity contribution in [2.24, 2.45) is 5.73 Å². The van der Waals surface area contributed by atoms with Gasteiger partial charge < -0.3 is 16.6 Å². The van der Waals surface area contributed by atoms with Crippen LogP contribution < -0.4 is 11.5 Å². The van der Waals surface area contributed by atoms with Crippen LogP contribution >= 0.6 is 0 Å². The Morgan fingerprint density at radius 1 is 1.13 bits per heavy atom. The van der Waals surface area contributed by atoms with Crippen molar-refractivity contribution >= 4 is 32.6 Å². The number of sulfonamides is 1. The van der Waals surface area contributed by atoms with E-state index in [2.05, 4.69) is 4.98 Å². The molecule has 0 bridgehead atoms. The third-order valence-corrected chi connectivity index (χ3v) is 6.49. The maximum atomic E-state index is 13.3. The Morgan fingerprint density at radius 2 is 1.90 bits per heavy atom. The maximum Gasteiger partial charge on any atom is 0.335 e. The minimum atomic E-state index is -3.89. The molecule has 1 aromatic heterocycles. The molecule has 3 rings (SSSR count). The molecule has 0 atom stereocenters. The van der Waals surface area contributed by atoms with Crippen LogP contribution in [0, 0.1) is 0 Å². The molecule has 0 unspecified atom stereocenters. The average molecular weight is 426 g/mol. The van der Waals surface area contributed by atoms with Crippen LogP contribution in [0.2, 0.25) is 0 Å². The largest absolute Gasteiger partial charge is 0.478 e. The molecule has 0 saturated carbocycles. The Labute approximate surface area is 174 Å². The van der Waals surface area contributed by atoms with Gasteiger partial charge in [0.2, 0.25) is 0 Å². The predicted molar refractivity (Wildman–Crippen MR) is 115 cm³/mol. The number of fused-ring (bicyclic) bond motifs is 1. The third-order valence-electron chi connectivity index (χ3n) is 4.65. The zero-order chi connectivity index (χ0) is 21.7. The van der Waals surface area contributed by atoms with Gasteiger partial charge in [0, 0.05) is 35.9 Å². The SMILES string of the molecule is NC=CN(CCCc1cccc(C(=O)O)c1)S(=O)(=O)c1cccc2c(N)nccc12. The fraction of sp³-hybridized carbons (Fsp3) is 0.143. The van der Waals surface area contributed by atoms with Gasteiger partial charge in [0.15, 0.2) is 0 Å². The highest BCUT2D eigenvalue weighted by atomic mass is 32.2. The molecule has 0 aliphatic rings. The van der Waals surface area contributed by atoms with Crippen molar-refractivity contribution in [1.82, 2.24) is 9.29 Å². The first-order chi connectivity index (χ1) is 14.3. The summed E-state index contributed by atoms with van der Waals surface area (Å²) in [6.07, 6.45) is 4.93. The number of aromatic carboxylic acids is 1. The highest BCUT2D eigenvalue weighted by Crippen LogP contribution is 2.28. The van der Waals surface area contributed by atoms with Crippen LogP contribution in [0.4, 0.5) is 5.82 Å². The second-order valence-electron chi connectivity index (χ2n) is 6.61. The second-order valence-corrected chi connectivity index (χ2v) is 8.47. The van der Waals surface area contributed by atoms with E-state index in [0.717, 1.165) is 5.56 Å². The van der Waals surface area contributed by atoms with Crippen LogP contribution in [-0.2, 0) is 16.4 Å². The summed E-state index contributed by atoms with van der Waals surface area (Å²) in [6, 6.07) is 13.0. The first-order valence-corrected chi connectivity index (χ1v) is 10.6. The zero-order valence-corrected chi connectivity index (χ0v) is 16.9. The monoisotopic (exact) mass is 426 g/mol. The molecular formula is C21H22N4O4S. The Bertz CT molecular complexity index is 1210. The summed E-state index contributed by atoms with van der Waals surface area (Å²) in [5, 5.41) is 10.1. The fourth-order valence-electron chi connectivity index (χ4n) is 3.22. The molecule has 156 valence electrons. The van der Waals surface area contributed by atoms with E-state index < -0.39 is 16.0 Å². The Kier molecular flexibility index (Phi) is 6.22. The summed E-state index contributed by atoms with van der Waals surface area (Å²) in [6.45, 7) is 0.171. The van der Waals surface area contributed by atoms with E-state index in [1.807, 2.05) is 6.07 Å². The van der Waals surface area contributed by atoms with Crippen molar-refractivity contribution in [2.45, 2.75) is 17.7 Å². The van der Waals surface area contributed by atoms with Crippen LogP contribution in [0.25, 0.3) is 10.8 Å². The van der Waals surface area contributed by atoms with Gasteiger partial charge in [-0.05, 0) is 42.7 Å². The van der Waals surface area contributed by atoms with Crippen LogP contribution in [0.5, 0.6) is 0 Å².